The molecule has 0 fully saturated rings. The van der Waals surface area contributed by atoms with Crippen molar-refractivity contribution < 1.29 is 27.8 Å². The summed E-state index contributed by atoms with van der Waals surface area (Å²) in [6.07, 6.45) is 1.70. The first-order chi connectivity index (χ1) is 19.8. The number of ether oxygens (including phenoxy) is 1. The van der Waals surface area contributed by atoms with Gasteiger partial charge in [-0.15, -0.1) is 0 Å². The third-order valence-electron chi connectivity index (χ3n) is 6.84. The van der Waals surface area contributed by atoms with E-state index in [0.29, 0.717) is 32.1 Å². The van der Waals surface area contributed by atoms with Crippen LogP contribution >= 0.6 is 0 Å². The number of nitrogens with zero attached hydrogens (tertiary/aromatic N) is 4. The van der Waals surface area contributed by atoms with Crippen molar-refractivity contribution in [1.82, 2.24) is 19.9 Å². The molecular weight excluding hydrogens is 537 g/mol. The maximum Gasteiger partial charge on any atom is 0.419 e. The first kappa shape index (κ1) is 30.0. The Hall–Kier alpha value is -3.93. The van der Waals surface area contributed by atoms with Crippen molar-refractivity contribution in [3.63, 3.8) is 0 Å². The lowest BCUT2D eigenvalue weighted by atomic mass is 10.1. The number of anilines is 2. The number of rotatable bonds is 15. The molecule has 3 N–H and O–H groups in total. The highest BCUT2D eigenvalue weighted by molar-refractivity contribution is 5.76. The van der Waals surface area contributed by atoms with Gasteiger partial charge in [-0.05, 0) is 68.8 Å². The molecule has 3 heterocycles. The normalized spacial score (nSPS) is 13.8. The molecule has 12 heteroatoms. The molecule has 1 unspecified atom stereocenters. The lowest BCUT2D eigenvalue weighted by Crippen LogP contribution is -2.37. The maximum absolute atomic E-state index is 12.8. The van der Waals surface area contributed by atoms with Gasteiger partial charge in [0.05, 0.1) is 5.56 Å². The Kier molecular flexibility index (Phi) is 10.7. The van der Waals surface area contributed by atoms with Gasteiger partial charge in [0, 0.05) is 37.7 Å². The summed E-state index contributed by atoms with van der Waals surface area (Å²) in [4.78, 5) is 26.1. The summed E-state index contributed by atoms with van der Waals surface area (Å²) in [6.45, 7) is 3.11. The van der Waals surface area contributed by atoms with Crippen LogP contribution in [0.3, 0.4) is 0 Å². The van der Waals surface area contributed by atoms with Gasteiger partial charge in [0.15, 0.2) is 0 Å². The minimum atomic E-state index is -4.57. The van der Waals surface area contributed by atoms with E-state index in [-0.39, 0.29) is 12.4 Å². The van der Waals surface area contributed by atoms with E-state index < -0.39 is 23.8 Å². The predicted octanol–water partition coefficient (Wildman–Crippen LogP) is 4.91. The highest BCUT2D eigenvalue weighted by atomic mass is 19.4. The van der Waals surface area contributed by atoms with Gasteiger partial charge in [-0.25, -0.2) is 19.7 Å². The summed E-state index contributed by atoms with van der Waals surface area (Å²) in [5, 5.41) is 15.7. The Bertz CT molecular complexity index is 1240. The van der Waals surface area contributed by atoms with E-state index in [1.807, 2.05) is 30.3 Å². The number of hydrogen-bond donors (Lipinski definition) is 3. The maximum atomic E-state index is 12.8. The minimum absolute atomic E-state index is 0.170. The Morgan fingerprint density at radius 1 is 1.07 bits per heavy atom. The smallest absolute Gasteiger partial charge is 0.419 e. The van der Waals surface area contributed by atoms with Crippen LogP contribution in [0.1, 0.15) is 42.5 Å². The number of fused-ring (bicyclic) bond motifs is 1. The molecule has 0 bridgehead atoms. The lowest BCUT2D eigenvalue weighted by Gasteiger charge is -2.24. The van der Waals surface area contributed by atoms with E-state index in [2.05, 4.69) is 37.6 Å². The molecule has 0 spiro atoms. The summed E-state index contributed by atoms with van der Waals surface area (Å²) < 4.78 is 44.3. The van der Waals surface area contributed by atoms with Gasteiger partial charge in [0.25, 0.3) is 0 Å². The third-order valence-corrected chi connectivity index (χ3v) is 6.84. The molecule has 41 heavy (non-hydrogen) atoms. The summed E-state index contributed by atoms with van der Waals surface area (Å²) in [5.41, 5.74) is 1.30. The summed E-state index contributed by atoms with van der Waals surface area (Å²) >= 11 is 0. The van der Waals surface area contributed by atoms with Gasteiger partial charge >= 0.3 is 12.1 Å². The average Bonchev–Trinajstić information content (AvgIpc) is 2.97. The van der Waals surface area contributed by atoms with Crippen molar-refractivity contribution in [1.29, 1.82) is 0 Å². The van der Waals surface area contributed by atoms with Crippen molar-refractivity contribution >= 4 is 17.7 Å². The number of carboxylic acid groups (broad SMARTS) is 1. The second-order valence-electron chi connectivity index (χ2n) is 9.92. The predicted molar refractivity (Wildman–Crippen MR) is 149 cm³/mol. The molecule has 4 rings (SSSR count). The number of hydrogen-bond acceptors (Lipinski definition) is 8. The van der Waals surface area contributed by atoms with Gasteiger partial charge in [0.1, 0.15) is 24.2 Å². The second kappa shape index (κ2) is 14.6. The molecule has 0 aliphatic carbocycles. The number of aliphatic carboxylic acids is 1. The van der Waals surface area contributed by atoms with Crippen LogP contribution in [0.15, 0.2) is 54.9 Å². The molecule has 2 aromatic heterocycles. The van der Waals surface area contributed by atoms with Gasteiger partial charge in [-0.2, -0.15) is 13.2 Å². The van der Waals surface area contributed by atoms with E-state index in [1.54, 1.807) is 0 Å². The summed E-state index contributed by atoms with van der Waals surface area (Å²) in [6, 6.07) is 12.6. The van der Waals surface area contributed by atoms with Crippen LogP contribution in [0.5, 0.6) is 5.75 Å². The number of carboxylic acids is 1. The van der Waals surface area contributed by atoms with Crippen LogP contribution in [-0.4, -0.2) is 69.8 Å². The fourth-order valence-corrected chi connectivity index (χ4v) is 4.57. The number of alkyl halides is 3. The van der Waals surface area contributed by atoms with Crippen molar-refractivity contribution in [3.05, 3.63) is 71.7 Å². The fraction of sp³-hybridized carbons (Fsp3) is 0.448. The van der Waals surface area contributed by atoms with Gasteiger partial charge < -0.3 is 20.5 Å². The van der Waals surface area contributed by atoms with Gasteiger partial charge in [-0.1, -0.05) is 24.3 Å². The zero-order chi connectivity index (χ0) is 29.1. The number of unbranched alkanes of at least 4 members (excludes halogenated alkanes) is 1. The van der Waals surface area contributed by atoms with Crippen molar-refractivity contribution in [2.75, 3.05) is 43.4 Å². The number of aryl methyl sites for hydroxylation is 2. The Labute approximate surface area is 237 Å². The van der Waals surface area contributed by atoms with E-state index >= 15 is 0 Å². The number of pyridine rings is 1. The molecule has 9 nitrogen and oxygen atoms in total. The van der Waals surface area contributed by atoms with Crippen molar-refractivity contribution in [2.45, 2.75) is 50.7 Å². The van der Waals surface area contributed by atoms with E-state index in [1.165, 1.54) is 5.56 Å². The zero-order valence-corrected chi connectivity index (χ0v) is 22.7. The van der Waals surface area contributed by atoms with E-state index in [0.717, 1.165) is 62.5 Å². The Morgan fingerprint density at radius 3 is 2.59 bits per heavy atom. The van der Waals surface area contributed by atoms with Gasteiger partial charge in [0.2, 0.25) is 5.95 Å². The van der Waals surface area contributed by atoms with E-state index in [4.69, 9.17) is 9.72 Å². The Balaban J connectivity index is 1.30. The SMILES string of the molecule is O=C(O)C(CCN(CCCCc1ccc2c(n1)NCCC2)CCOc1ccccc1)Nc1ncc(C(F)(F)F)cn1. The monoisotopic (exact) mass is 572 g/mol. The zero-order valence-electron chi connectivity index (χ0n) is 22.7. The lowest BCUT2D eigenvalue weighted by molar-refractivity contribution is -0.139. The number of aromatic nitrogens is 3. The standard InChI is InChI=1S/C29H35F3N6O3/c30-29(31,32)22-19-34-28(35-20-22)37-25(27(39)40)13-16-38(17-18-41-24-9-2-1-3-10-24)15-5-4-8-23-12-11-21-7-6-14-33-26(21)36-23/h1-3,9-12,19-20,25H,4-8,13-18H2,(H,33,36)(H,39,40)(H,34,35,37). The molecular formula is C29H35F3N6O3. The van der Waals surface area contributed by atoms with Crippen LogP contribution in [0, 0.1) is 0 Å². The largest absolute Gasteiger partial charge is 0.492 e. The molecule has 1 atom stereocenters. The summed E-state index contributed by atoms with van der Waals surface area (Å²) in [7, 11) is 0. The number of carbonyl (C=O) groups is 1. The van der Waals surface area contributed by atoms with Crippen LogP contribution in [0.25, 0.3) is 0 Å². The topological polar surface area (TPSA) is 112 Å². The Morgan fingerprint density at radius 2 is 1.85 bits per heavy atom. The number of para-hydroxylation sites is 1. The van der Waals surface area contributed by atoms with Crippen molar-refractivity contribution in [2.24, 2.45) is 0 Å². The quantitative estimate of drug-likeness (QED) is 0.219. The first-order valence-corrected chi connectivity index (χ1v) is 13.8. The molecule has 1 aliphatic rings. The molecule has 0 amide bonds. The number of halogens is 3. The average molecular weight is 573 g/mol. The van der Waals surface area contributed by atoms with Crippen LogP contribution < -0.4 is 15.4 Å². The minimum Gasteiger partial charge on any atom is -0.492 e. The first-order valence-electron chi connectivity index (χ1n) is 13.8. The molecule has 1 aliphatic heterocycles. The molecule has 1 aromatic carbocycles. The van der Waals surface area contributed by atoms with Gasteiger partial charge in [-0.3, -0.25) is 4.90 Å². The van der Waals surface area contributed by atoms with E-state index in [9.17, 15) is 23.1 Å². The van der Waals surface area contributed by atoms with Crippen molar-refractivity contribution in [3.8, 4) is 5.75 Å². The third kappa shape index (κ3) is 9.59. The molecule has 220 valence electrons. The van der Waals surface area contributed by atoms with Crippen LogP contribution in [0.4, 0.5) is 24.9 Å². The number of nitrogens with one attached hydrogen (secondary N) is 2. The highest BCUT2D eigenvalue weighted by Crippen LogP contribution is 2.28. The summed E-state index contributed by atoms with van der Waals surface area (Å²) in [5.74, 6) is 0.430. The second-order valence-corrected chi connectivity index (χ2v) is 9.92. The fourth-order valence-electron chi connectivity index (χ4n) is 4.57. The molecule has 0 radical (unpaired) electrons. The number of benzene rings is 1. The van der Waals surface area contributed by atoms with Crippen LogP contribution in [0.2, 0.25) is 0 Å². The van der Waals surface area contributed by atoms with Crippen LogP contribution in [-0.2, 0) is 23.8 Å². The molecule has 0 saturated carbocycles. The molecule has 0 saturated heterocycles. The molecule has 3 aromatic rings. The highest BCUT2D eigenvalue weighted by Gasteiger charge is 2.31.